The molecule has 1 N–H and O–H groups in total. The topological polar surface area (TPSA) is 98.2 Å². The lowest BCUT2D eigenvalue weighted by Gasteiger charge is -2.23. The van der Waals surface area contributed by atoms with Crippen LogP contribution in [0.3, 0.4) is 0 Å². The molecule has 0 spiro atoms. The quantitative estimate of drug-likeness (QED) is 0.171. The number of aliphatic hydroxyl groups is 1. The van der Waals surface area contributed by atoms with E-state index < -0.39 is 17.7 Å². The molecule has 2 aliphatic heterocycles. The zero-order chi connectivity index (χ0) is 27.1. The van der Waals surface area contributed by atoms with E-state index in [1.807, 2.05) is 13.0 Å². The summed E-state index contributed by atoms with van der Waals surface area (Å²) in [6.07, 6.45) is 0.821. The summed E-state index contributed by atoms with van der Waals surface area (Å²) < 4.78 is 17.9. The summed E-state index contributed by atoms with van der Waals surface area (Å²) >= 11 is 7.42. The molecule has 2 aliphatic rings. The van der Waals surface area contributed by atoms with Crippen molar-refractivity contribution >= 4 is 55.7 Å². The fourth-order valence-corrected chi connectivity index (χ4v) is 5.94. The molecule has 1 aromatic heterocycles. The molecule has 3 aromatic carbocycles. The second-order valence-corrected chi connectivity index (χ2v) is 10.5. The fourth-order valence-electron chi connectivity index (χ4n) is 4.68. The number of rotatable bonds is 6. The Kier molecular flexibility index (Phi) is 6.62. The minimum atomic E-state index is -0.945. The van der Waals surface area contributed by atoms with Crippen molar-refractivity contribution in [1.82, 2.24) is 4.98 Å². The summed E-state index contributed by atoms with van der Waals surface area (Å²) in [5, 5.41) is 12.4. The highest BCUT2D eigenvalue weighted by atomic mass is 35.5. The standard InChI is InChI=1S/C29H23ClN2O6S/c1-2-10-36-19-5-3-4-16(13-19)25-24(26(33)17-6-9-21-22(14-17)38-12-11-37-21)27(34)28(35)32(25)29-31-20-8-7-18(30)15-23(20)39-29/h3-9,13-15,25,33H,2,10-12H2,1H3/b26-24+/t25-/m0/s1. The van der Waals surface area contributed by atoms with E-state index in [0.717, 1.165) is 11.1 Å². The number of hydrogen-bond donors (Lipinski definition) is 1. The van der Waals surface area contributed by atoms with Crippen LogP contribution in [0.5, 0.6) is 17.2 Å². The van der Waals surface area contributed by atoms with E-state index in [1.54, 1.807) is 54.6 Å². The number of benzene rings is 3. The van der Waals surface area contributed by atoms with Crippen LogP contribution in [0, 0.1) is 0 Å². The van der Waals surface area contributed by atoms with Crippen molar-refractivity contribution in [3.63, 3.8) is 0 Å². The van der Waals surface area contributed by atoms with Crippen LogP contribution in [0.2, 0.25) is 5.02 Å². The number of hydrogen-bond acceptors (Lipinski definition) is 8. The van der Waals surface area contributed by atoms with Crippen LogP contribution in [0.4, 0.5) is 5.13 Å². The number of halogens is 1. The van der Waals surface area contributed by atoms with Gasteiger partial charge in [-0.25, -0.2) is 4.98 Å². The molecule has 1 fully saturated rings. The summed E-state index contributed by atoms with van der Waals surface area (Å²) in [5.74, 6) is -0.330. The first-order chi connectivity index (χ1) is 18.9. The lowest BCUT2D eigenvalue weighted by molar-refractivity contribution is -0.132. The third-order valence-electron chi connectivity index (χ3n) is 6.45. The smallest absolute Gasteiger partial charge is 0.301 e. The maximum absolute atomic E-state index is 13.6. The van der Waals surface area contributed by atoms with Crippen molar-refractivity contribution < 1.29 is 28.9 Å². The number of aromatic nitrogens is 1. The minimum absolute atomic E-state index is 0.0541. The first-order valence-electron chi connectivity index (χ1n) is 12.4. The normalized spacial score (nSPS) is 18.1. The number of carbonyl (C=O) groups excluding carboxylic acids is 2. The van der Waals surface area contributed by atoms with Crippen LogP contribution < -0.4 is 19.1 Å². The molecule has 10 heteroatoms. The molecule has 0 saturated carbocycles. The number of amides is 1. The van der Waals surface area contributed by atoms with Crippen molar-refractivity contribution in [3.05, 3.63) is 82.4 Å². The van der Waals surface area contributed by atoms with Gasteiger partial charge in [-0.3, -0.25) is 14.5 Å². The zero-order valence-electron chi connectivity index (χ0n) is 20.8. The summed E-state index contributed by atoms with van der Waals surface area (Å²) in [5.41, 5.74) is 1.52. The van der Waals surface area contributed by atoms with Gasteiger partial charge in [-0.15, -0.1) is 0 Å². The summed E-state index contributed by atoms with van der Waals surface area (Å²) in [6, 6.07) is 16.4. The highest BCUT2D eigenvalue weighted by Gasteiger charge is 2.48. The molecule has 1 amide bonds. The number of fused-ring (bicyclic) bond motifs is 2. The predicted molar refractivity (Wildman–Crippen MR) is 149 cm³/mol. The maximum Gasteiger partial charge on any atom is 0.301 e. The summed E-state index contributed by atoms with van der Waals surface area (Å²) in [6.45, 7) is 3.31. The zero-order valence-corrected chi connectivity index (χ0v) is 22.4. The molecule has 3 heterocycles. The molecular weight excluding hydrogens is 540 g/mol. The molecule has 198 valence electrons. The van der Waals surface area contributed by atoms with Crippen LogP contribution in [0.15, 0.2) is 66.2 Å². The number of nitrogens with zero attached hydrogens (tertiary/aromatic N) is 2. The van der Waals surface area contributed by atoms with E-state index in [9.17, 15) is 14.7 Å². The second kappa shape index (κ2) is 10.2. The van der Waals surface area contributed by atoms with E-state index in [1.165, 1.54) is 16.2 Å². The van der Waals surface area contributed by atoms with E-state index in [0.29, 0.717) is 63.9 Å². The van der Waals surface area contributed by atoms with Crippen molar-refractivity contribution in [3.8, 4) is 17.2 Å². The highest BCUT2D eigenvalue weighted by molar-refractivity contribution is 7.22. The third-order valence-corrected chi connectivity index (χ3v) is 7.70. The van der Waals surface area contributed by atoms with Gasteiger partial charge in [0.1, 0.15) is 24.7 Å². The van der Waals surface area contributed by atoms with E-state index in [-0.39, 0.29) is 11.3 Å². The van der Waals surface area contributed by atoms with Gasteiger partial charge in [0.2, 0.25) is 0 Å². The van der Waals surface area contributed by atoms with Gasteiger partial charge in [0.25, 0.3) is 5.78 Å². The fraction of sp³-hybridized carbons (Fsp3) is 0.207. The molecule has 4 aromatic rings. The number of ether oxygens (including phenoxy) is 3. The Labute approximate surface area is 233 Å². The Hall–Kier alpha value is -4.08. The van der Waals surface area contributed by atoms with Gasteiger partial charge in [-0.05, 0) is 60.5 Å². The second-order valence-electron chi connectivity index (χ2n) is 9.06. The van der Waals surface area contributed by atoms with Crippen molar-refractivity contribution in [2.45, 2.75) is 19.4 Å². The lowest BCUT2D eigenvalue weighted by atomic mass is 9.95. The lowest BCUT2D eigenvalue weighted by Crippen LogP contribution is -2.29. The van der Waals surface area contributed by atoms with Crippen LogP contribution in [-0.4, -0.2) is 41.6 Å². The highest BCUT2D eigenvalue weighted by Crippen LogP contribution is 2.45. The van der Waals surface area contributed by atoms with Crippen LogP contribution in [-0.2, 0) is 9.59 Å². The number of anilines is 1. The number of ketones is 1. The monoisotopic (exact) mass is 562 g/mol. The average Bonchev–Trinajstić information content (AvgIpc) is 3.48. The molecule has 0 bridgehead atoms. The first kappa shape index (κ1) is 25.2. The molecule has 39 heavy (non-hydrogen) atoms. The van der Waals surface area contributed by atoms with Gasteiger partial charge in [-0.2, -0.15) is 0 Å². The van der Waals surface area contributed by atoms with Crippen molar-refractivity contribution in [2.24, 2.45) is 0 Å². The molecule has 1 saturated heterocycles. The SMILES string of the molecule is CCCOc1cccc([C@H]2/C(=C(\O)c3ccc4c(c3)OCCO4)C(=O)C(=O)N2c2nc3ccc(Cl)cc3s2)c1. The largest absolute Gasteiger partial charge is 0.507 e. The maximum atomic E-state index is 13.6. The third kappa shape index (κ3) is 4.57. The Morgan fingerprint density at radius 1 is 1.10 bits per heavy atom. The Balaban J connectivity index is 1.52. The Morgan fingerprint density at radius 3 is 2.74 bits per heavy atom. The minimum Gasteiger partial charge on any atom is -0.507 e. The summed E-state index contributed by atoms with van der Waals surface area (Å²) in [4.78, 5) is 33.1. The van der Waals surface area contributed by atoms with Gasteiger partial charge in [-0.1, -0.05) is 42.0 Å². The van der Waals surface area contributed by atoms with E-state index >= 15 is 0 Å². The van der Waals surface area contributed by atoms with Crippen molar-refractivity contribution in [2.75, 3.05) is 24.7 Å². The molecule has 6 rings (SSSR count). The van der Waals surface area contributed by atoms with Crippen LogP contribution in [0.25, 0.3) is 16.0 Å². The number of carbonyl (C=O) groups is 2. The van der Waals surface area contributed by atoms with Gasteiger partial charge in [0, 0.05) is 10.6 Å². The molecular formula is C29H23ClN2O6S. The summed E-state index contributed by atoms with van der Waals surface area (Å²) in [7, 11) is 0. The van der Waals surface area contributed by atoms with E-state index in [4.69, 9.17) is 25.8 Å². The van der Waals surface area contributed by atoms with Gasteiger partial charge in [0.05, 0.1) is 28.4 Å². The van der Waals surface area contributed by atoms with E-state index in [2.05, 4.69) is 4.98 Å². The molecule has 0 radical (unpaired) electrons. The van der Waals surface area contributed by atoms with Crippen LogP contribution >= 0.6 is 22.9 Å². The molecule has 1 atom stereocenters. The van der Waals surface area contributed by atoms with Gasteiger partial charge in [0.15, 0.2) is 16.6 Å². The first-order valence-corrected chi connectivity index (χ1v) is 13.6. The van der Waals surface area contributed by atoms with Gasteiger partial charge >= 0.3 is 5.91 Å². The Morgan fingerprint density at radius 2 is 1.92 bits per heavy atom. The molecule has 0 unspecified atom stereocenters. The molecule has 0 aliphatic carbocycles. The number of thiazole rings is 1. The number of aliphatic hydroxyl groups excluding tert-OH is 1. The average molecular weight is 563 g/mol. The molecule has 8 nitrogen and oxygen atoms in total. The Bertz CT molecular complexity index is 1650. The predicted octanol–water partition coefficient (Wildman–Crippen LogP) is 6.14. The van der Waals surface area contributed by atoms with Gasteiger partial charge < -0.3 is 19.3 Å². The number of Topliss-reactive ketones (excluding diaryl/α,β-unsaturated/α-hetero) is 1. The van der Waals surface area contributed by atoms with Crippen molar-refractivity contribution in [1.29, 1.82) is 0 Å². The van der Waals surface area contributed by atoms with Crippen LogP contribution in [0.1, 0.15) is 30.5 Å².